The summed E-state index contributed by atoms with van der Waals surface area (Å²) in [5.74, 6) is 0.857. The van der Waals surface area contributed by atoms with Gasteiger partial charge < -0.3 is 19.9 Å². The number of carboxylic acid groups (broad SMARTS) is 1. The molecule has 1 amide bonds. The fourth-order valence-corrected chi connectivity index (χ4v) is 4.34. The number of nitrogens with one attached hydrogen (secondary N) is 1. The van der Waals surface area contributed by atoms with Crippen LogP contribution >= 0.6 is 0 Å². The lowest BCUT2D eigenvalue weighted by atomic mass is 10.1. The van der Waals surface area contributed by atoms with E-state index in [4.69, 9.17) is 14.9 Å². The third kappa shape index (κ3) is 7.89. The van der Waals surface area contributed by atoms with E-state index in [-0.39, 0.29) is 18.9 Å². The Morgan fingerprint density at radius 1 is 1.18 bits per heavy atom. The minimum Gasteiger partial charge on any atom is -0.483 e. The molecule has 0 spiro atoms. The molecule has 1 atom stereocenters. The van der Waals surface area contributed by atoms with Crippen LogP contribution in [0.15, 0.2) is 61.1 Å². The van der Waals surface area contributed by atoms with Crippen molar-refractivity contribution < 1.29 is 14.7 Å². The second kappa shape index (κ2) is 14.5. The standard InChI is InChI=1S/C27H35N7O.CH2O2/c1-4-8-21(2)32(3)23-10-11-25-24(19-23)31-26(13-18-33-17-7-15-30-33)34(25)20-27(35)29-16-12-22-9-5-6-14-28-22;2-1-3/h5-7,9-11,14-15,17,19,21H,4,8,12-13,16,18,20H2,1-3H3,(H,29,35);1H,(H,2,3). The Morgan fingerprint density at radius 3 is 2.68 bits per heavy atom. The van der Waals surface area contributed by atoms with Gasteiger partial charge in [-0.3, -0.25) is 19.3 Å². The first-order chi connectivity index (χ1) is 18.5. The van der Waals surface area contributed by atoms with Crippen molar-refractivity contribution in [1.82, 2.24) is 29.6 Å². The average molecular weight is 520 g/mol. The highest BCUT2D eigenvalue weighted by molar-refractivity contribution is 5.83. The Morgan fingerprint density at radius 2 is 2.00 bits per heavy atom. The highest BCUT2D eigenvalue weighted by atomic mass is 16.3. The maximum atomic E-state index is 12.9. The molecule has 10 heteroatoms. The molecule has 4 aromatic rings. The van der Waals surface area contributed by atoms with Gasteiger partial charge in [-0.15, -0.1) is 0 Å². The average Bonchev–Trinajstić information content (AvgIpc) is 3.56. The maximum Gasteiger partial charge on any atom is 0.290 e. The number of nitrogens with zero attached hydrogens (tertiary/aromatic N) is 6. The van der Waals surface area contributed by atoms with Crippen LogP contribution in [-0.2, 0) is 35.5 Å². The van der Waals surface area contributed by atoms with Crippen LogP contribution in [-0.4, -0.2) is 61.4 Å². The Balaban J connectivity index is 0.00000127. The molecular formula is C28H37N7O3. The van der Waals surface area contributed by atoms with Gasteiger partial charge in [0.1, 0.15) is 12.4 Å². The monoisotopic (exact) mass is 519 g/mol. The molecule has 202 valence electrons. The number of hydrogen-bond donors (Lipinski definition) is 2. The maximum absolute atomic E-state index is 12.9. The lowest BCUT2D eigenvalue weighted by Gasteiger charge is -2.26. The van der Waals surface area contributed by atoms with Crippen molar-refractivity contribution in [2.45, 2.75) is 58.7 Å². The van der Waals surface area contributed by atoms with E-state index in [9.17, 15) is 4.79 Å². The molecular weight excluding hydrogens is 482 g/mol. The molecule has 0 fully saturated rings. The SMILES string of the molecule is CCCC(C)N(C)c1ccc2c(c1)nc(CCn1cccn1)n2CC(=O)NCCc1ccccn1.O=CO. The van der Waals surface area contributed by atoms with E-state index < -0.39 is 0 Å². The summed E-state index contributed by atoms with van der Waals surface area (Å²) in [6.45, 7) is 5.70. The van der Waals surface area contributed by atoms with Crippen LogP contribution in [0.3, 0.4) is 0 Å². The molecule has 3 aromatic heterocycles. The zero-order valence-corrected chi connectivity index (χ0v) is 22.3. The molecule has 0 saturated carbocycles. The van der Waals surface area contributed by atoms with Crippen molar-refractivity contribution in [3.05, 3.63) is 72.6 Å². The van der Waals surface area contributed by atoms with Crippen LogP contribution in [0.5, 0.6) is 0 Å². The highest BCUT2D eigenvalue weighted by Gasteiger charge is 2.16. The Bertz CT molecular complexity index is 1270. The third-order valence-corrected chi connectivity index (χ3v) is 6.44. The van der Waals surface area contributed by atoms with E-state index in [2.05, 4.69) is 59.4 Å². The second-order valence-corrected chi connectivity index (χ2v) is 9.08. The van der Waals surface area contributed by atoms with Gasteiger partial charge in [0, 0.05) is 69.0 Å². The molecule has 2 N–H and O–H groups in total. The van der Waals surface area contributed by atoms with Crippen molar-refractivity contribution in [2.75, 3.05) is 18.5 Å². The van der Waals surface area contributed by atoms with Crippen molar-refractivity contribution in [2.24, 2.45) is 0 Å². The number of carbonyl (C=O) groups is 2. The summed E-state index contributed by atoms with van der Waals surface area (Å²) in [7, 11) is 2.13. The summed E-state index contributed by atoms with van der Waals surface area (Å²) in [5.41, 5.74) is 3.99. The fourth-order valence-electron chi connectivity index (χ4n) is 4.34. The zero-order valence-electron chi connectivity index (χ0n) is 22.3. The fraction of sp³-hybridized carbons (Fsp3) is 0.393. The van der Waals surface area contributed by atoms with Crippen molar-refractivity contribution in [1.29, 1.82) is 0 Å². The molecule has 4 rings (SSSR count). The molecule has 38 heavy (non-hydrogen) atoms. The number of hydrogen-bond acceptors (Lipinski definition) is 6. The van der Waals surface area contributed by atoms with Gasteiger partial charge in [0.15, 0.2) is 0 Å². The molecule has 0 radical (unpaired) electrons. The van der Waals surface area contributed by atoms with Crippen LogP contribution in [0, 0.1) is 0 Å². The molecule has 1 aromatic carbocycles. The second-order valence-electron chi connectivity index (χ2n) is 9.08. The van der Waals surface area contributed by atoms with E-state index in [1.807, 2.05) is 39.7 Å². The number of pyridine rings is 1. The highest BCUT2D eigenvalue weighted by Crippen LogP contribution is 2.25. The number of aromatic nitrogens is 5. The molecule has 0 aliphatic carbocycles. The summed E-state index contributed by atoms with van der Waals surface area (Å²) in [6.07, 6.45) is 9.17. The van der Waals surface area contributed by atoms with Crippen molar-refractivity contribution >= 4 is 29.1 Å². The first-order valence-corrected chi connectivity index (χ1v) is 12.9. The number of fused-ring (bicyclic) bond motifs is 1. The van der Waals surface area contributed by atoms with Crippen molar-refractivity contribution in [3.63, 3.8) is 0 Å². The minimum atomic E-state index is -0.250. The van der Waals surface area contributed by atoms with Crippen LogP contribution in [0.2, 0.25) is 0 Å². The molecule has 10 nitrogen and oxygen atoms in total. The number of rotatable bonds is 12. The summed E-state index contributed by atoms with van der Waals surface area (Å²) >= 11 is 0. The zero-order chi connectivity index (χ0) is 27.3. The topological polar surface area (TPSA) is 118 Å². The van der Waals surface area contributed by atoms with Crippen molar-refractivity contribution in [3.8, 4) is 0 Å². The predicted molar refractivity (Wildman–Crippen MR) is 148 cm³/mol. The first kappa shape index (κ1) is 28.4. The lowest BCUT2D eigenvalue weighted by Crippen LogP contribution is -2.30. The molecule has 0 saturated heterocycles. The predicted octanol–water partition coefficient (Wildman–Crippen LogP) is 3.56. The van der Waals surface area contributed by atoms with Gasteiger partial charge in [0.25, 0.3) is 6.47 Å². The van der Waals surface area contributed by atoms with Gasteiger partial charge in [-0.2, -0.15) is 5.10 Å². The normalized spacial score (nSPS) is 11.4. The van der Waals surface area contributed by atoms with E-state index in [0.29, 0.717) is 32.0 Å². The van der Waals surface area contributed by atoms with Gasteiger partial charge in [0.05, 0.1) is 11.0 Å². The molecule has 0 aliphatic rings. The number of aryl methyl sites for hydroxylation is 2. The number of carbonyl (C=O) groups excluding carboxylic acids is 1. The van der Waals surface area contributed by atoms with Gasteiger partial charge in [-0.25, -0.2) is 4.98 Å². The molecule has 0 bridgehead atoms. The lowest BCUT2D eigenvalue weighted by molar-refractivity contribution is -0.123. The Kier molecular flexibility index (Phi) is 10.8. The van der Waals surface area contributed by atoms with Crippen LogP contribution < -0.4 is 10.2 Å². The quantitative estimate of drug-likeness (QED) is 0.275. The van der Waals surface area contributed by atoms with E-state index in [0.717, 1.165) is 41.1 Å². The number of benzene rings is 1. The van der Waals surface area contributed by atoms with Gasteiger partial charge in [-0.1, -0.05) is 19.4 Å². The van der Waals surface area contributed by atoms with Crippen LogP contribution in [0.1, 0.15) is 38.2 Å². The minimum absolute atomic E-state index is 0.0293. The molecule has 0 aliphatic heterocycles. The summed E-state index contributed by atoms with van der Waals surface area (Å²) < 4.78 is 3.93. The summed E-state index contributed by atoms with van der Waals surface area (Å²) in [6, 6.07) is 14.5. The van der Waals surface area contributed by atoms with Crippen LogP contribution in [0.4, 0.5) is 5.69 Å². The number of anilines is 1. The van der Waals surface area contributed by atoms with E-state index in [1.165, 1.54) is 0 Å². The summed E-state index contributed by atoms with van der Waals surface area (Å²) in [4.78, 5) is 32.8. The number of amides is 1. The summed E-state index contributed by atoms with van der Waals surface area (Å²) in [5, 5.41) is 14.2. The van der Waals surface area contributed by atoms with E-state index in [1.54, 1.807) is 12.4 Å². The molecule has 3 heterocycles. The number of imidazole rings is 1. The molecule has 1 unspecified atom stereocenters. The first-order valence-electron chi connectivity index (χ1n) is 12.9. The smallest absolute Gasteiger partial charge is 0.290 e. The van der Waals surface area contributed by atoms with E-state index >= 15 is 0 Å². The van der Waals surface area contributed by atoms with Crippen LogP contribution in [0.25, 0.3) is 11.0 Å². The Hall–Kier alpha value is -4.21. The van der Waals surface area contributed by atoms with Gasteiger partial charge >= 0.3 is 0 Å². The third-order valence-electron chi connectivity index (χ3n) is 6.44. The largest absolute Gasteiger partial charge is 0.483 e. The van der Waals surface area contributed by atoms with Gasteiger partial charge in [0.2, 0.25) is 5.91 Å². The Labute approximate surface area is 223 Å². The van der Waals surface area contributed by atoms with Gasteiger partial charge in [-0.05, 0) is 49.7 Å².